The summed E-state index contributed by atoms with van der Waals surface area (Å²) < 4.78 is 0. The Bertz CT molecular complexity index is 458. The number of hydrogen-bond donors (Lipinski definition) is 3. The van der Waals surface area contributed by atoms with Crippen molar-refractivity contribution in [1.29, 1.82) is 0 Å². The van der Waals surface area contributed by atoms with E-state index in [2.05, 4.69) is 15.6 Å². The molecule has 0 spiro atoms. The number of nitrogens with one attached hydrogen (secondary N) is 2. The first-order chi connectivity index (χ1) is 8.31. The van der Waals surface area contributed by atoms with Crippen LogP contribution in [0.2, 0.25) is 0 Å². The number of aromatic nitrogens is 1. The van der Waals surface area contributed by atoms with Crippen molar-refractivity contribution >= 4 is 23.3 Å². The summed E-state index contributed by atoms with van der Waals surface area (Å²) in [5.74, 6) is -1.07. The average molecular weight is 271 g/mol. The third kappa shape index (κ3) is 3.69. The standard InChI is InChI=1S/C11H17N3O3S/c1-5-9(18-8(4)12-5)6(2)13-11(17)14-7(3)10(15)16/h6-7H,1-4H3,(H,15,16)(H2,13,14,17). The molecule has 2 unspecified atom stereocenters. The summed E-state index contributed by atoms with van der Waals surface area (Å²) in [6, 6.07) is -1.61. The Hall–Kier alpha value is -1.63. The zero-order valence-electron chi connectivity index (χ0n) is 10.8. The molecule has 2 atom stereocenters. The Morgan fingerprint density at radius 1 is 1.28 bits per heavy atom. The van der Waals surface area contributed by atoms with Crippen LogP contribution < -0.4 is 10.6 Å². The Kier molecular flexibility index (Phi) is 4.66. The van der Waals surface area contributed by atoms with Gasteiger partial charge in [0.05, 0.1) is 16.7 Å². The van der Waals surface area contributed by atoms with E-state index >= 15 is 0 Å². The predicted octanol–water partition coefficient (Wildman–Crippen LogP) is 1.59. The van der Waals surface area contributed by atoms with Gasteiger partial charge in [-0.15, -0.1) is 11.3 Å². The number of urea groups is 1. The number of thiazole rings is 1. The van der Waals surface area contributed by atoms with E-state index in [0.717, 1.165) is 15.6 Å². The van der Waals surface area contributed by atoms with Gasteiger partial charge in [0, 0.05) is 4.88 Å². The lowest BCUT2D eigenvalue weighted by Crippen LogP contribution is -2.45. The fourth-order valence-corrected chi connectivity index (χ4v) is 2.44. The van der Waals surface area contributed by atoms with Gasteiger partial charge in [0.1, 0.15) is 6.04 Å². The fraction of sp³-hybridized carbons (Fsp3) is 0.545. The van der Waals surface area contributed by atoms with E-state index in [9.17, 15) is 9.59 Å². The number of aryl methyl sites for hydroxylation is 2. The van der Waals surface area contributed by atoms with E-state index in [4.69, 9.17) is 5.11 Å². The van der Waals surface area contributed by atoms with E-state index in [1.165, 1.54) is 18.3 Å². The molecule has 0 radical (unpaired) electrons. The molecule has 7 heteroatoms. The number of rotatable bonds is 4. The predicted molar refractivity (Wildman–Crippen MR) is 68.8 cm³/mol. The van der Waals surface area contributed by atoms with Crippen LogP contribution >= 0.6 is 11.3 Å². The Morgan fingerprint density at radius 2 is 1.89 bits per heavy atom. The summed E-state index contributed by atoms with van der Waals surface area (Å²) in [5, 5.41) is 14.7. The molecule has 3 N–H and O–H groups in total. The number of aliphatic carboxylic acids is 1. The van der Waals surface area contributed by atoms with Crippen molar-refractivity contribution in [2.45, 2.75) is 39.8 Å². The van der Waals surface area contributed by atoms with Gasteiger partial charge in [0.15, 0.2) is 0 Å². The van der Waals surface area contributed by atoms with Crippen LogP contribution in [0.25, 0.3) is 0 Å². The lowest BCUT2D eigenvalue weighted by molar-refractivity contribution is -0.138. The minimum atomic E-state index is -1.07. The zero-order chi connectivity index (χ0) is 13.9. The van der Waals surface area contributed by atoms with E-state index in [-0.39, 0.29) is 6.04 Å². The van der Waals surface area contributed by atoms with Crippen LogP contribution in [-0.2, 0) is 4.79 Å². The normalized spacial score (nSPS) is 13.8. The van der Waals surface area contributed by atoms with Crippen LogP contribution in [-0.4, -0.2) is 28.1 Å². The number of hydrogen-bond acceptors (Lipinski definition) is 4. The lowest BCUT2D eigenvalue weighted by atomic mass is 10.2. The van der Waals surface area contributed by atoms with Crippen LogP contribution in [0.3, 0.4) is 0 Å². The molecule has 2 amide bonds. The molecular formula is C11H17N3O3S. The van der Waals surface area contributed by atoms with Gasteiger partial charge in [-0.05, 0) is 27.7 Å². The van der Waals surface area contributed by atoms with E-state index in [1.807, 2.05) is 20.8 Å². The molecule has 6 nitrogen and oxygen atoms in total. The SMILES string of the molecule is Cc1nc(C)c(C(C)NC(=O)NC(C)C(=O)O)s1. The molecule has 0 aromatic carbocycles. The molecule has 0 saturated heterocycles. The summed E-state index contributed by atoms with van der Waals surface area (Å²) in [5.41, 5.74) is 0.886. The van der Waals surface area contributed by atoms with Crippen molar-refractivity contribution < 1.29 is 14.7 Å². The number of carbonyl (C=O) groups excluding carboxylic acids is 1. The highest BCUT2D eigenvalue weighted by Crippen LogP contribution is 2.24. The first kappa shape index (κ1) is 14.4. The molecule has 0 bridgehead atoms. The van der Waals surface area contributed by atoms with Gasteiger partial charge in [0.2, 0.25) is 0 Å². The number of nitrogens with zero attached hydrogens (tertiary/aromatic N) is 1. The zero-order valence-corrected chi connectivity index (χ0v) is 11.6. The van der Waals surface area contributed by atoms with Crippen LogP contribution in [0.1, 0.15) is 35.5 Å². The summed E-state index contributed by atoms with van der Waals surface area (Å²) in [7, 11) is 0. The summed E-state index contributed by atoms with van der Waals surface area (Å²) in [4.78, 5) is 27.4. The summed E-state index contributed by atoms with van der Waals surface area (Å²) >= 11 is 1.52. The van der Waals surface area contributed by atoms with Gasteiger partial charge in [-0.25, -0.2) is 9.78 Å². The molecule has 0 fully saturated rings. The molecule has 1 rings (SSSR count). The number of carboxylic acids is 1. The Morgan fingerprint density at radius 3 is 2.33 bits per heavy atom. The average Bonchev–Trinajstić information content (AvgIpc) is 2.57. The maximum Gasteiger partial charge on any atom is 0.325 e. The number of carbonyl (C=O) groups is 2. The van der Waals surface area contributed by atoms with Crippen LogP contribution in [0.5, 0.6) is 0 Å². The summed E-state index contributed by atoms with van der Waals surface area (Å²) in [6.07, 6.45) is 0. The van der Waals surface area contributed by atoms with Crippen LogP contribution in [0.15, 0.2) is 0 Å². The molecule has 1 heterocycles. The van der Waals surface area contributed by atoms with Crippen molar-refractivity contribution in [1.82, 2.24) is 15.6 Å². The molecular weight excluding hydrogens is 254 g/mol. The van der Waals surface area contributed by atoms with Crippen molar-refractivity contribution in [2.75, 3.05) is 0 Å². The second-order valence-corrected chi connectivity index (χ2v) is 5.32. The highest BCUT2D eigenvalue weighted by Gasteiger charge is 2.18. The van der Waals surface area contributed by atoms with E-state index in [1.54, 1.807) is 0 Å². The third-order valence-electron chi connectivity index (χ3n) is 2.40. The molecule has 0 saturated carbocycles. The molecule has 18 heavy (non-hydrogen) atoms. The molecule has 0 aliphatic heterocycles. The summed E-state index contributed by atoms with van der Waals surface area (Å²) in [6.45, 7) is 7.04. The van der Waals surface area contributed by atoms with E-state index in [0.29, 0.717) is 0 Å². The third-order valence-corrected chi connectivity index (χ3v) is 3.65. The highest BCUT2D eigenvalue weighted by molar-refractivity contribution is 7.11. The fourth-order valence-electron chi connectivity index (χ4n) is 1.51. The lowest BCUT2D eigenvalue weighted by Gasteiger charge is -2.15. The topological polar surface area (TPSA) is 91.3 Å². The van der Waals surface area contributed by atoms with E-state index < -0.39 is 18.0 Å². The Labute approximate surface area is 109 Å². The highest BCUT2D eigenvalue weighted by atomic mass is 32.1. The monoisotopic (exact) mass is 271 g/mol. The minimum absolute atomic E-state index is 0.197. The maximum absolute atomic E-state index is 11.6. The van der Waals surface area contributed by atoms with Crippen molar-refractivity contribution in [3.63, 3.8) is 0 Å². The van der Waals surface area contributed by atoms with Crippen molar-refractivity contribution in [2.24, 2.45) is 0 Å². The Balaban J connectivity index is 2.60. The molecule has 0 aliphatic carbocycles. The van der Waals surface area contributed by atoms with Crippen molar-refractivity contribution in [3.8, 4) is 0 Å². The van der Waals surface area contributed by atoms with Gasteiger partial charge >= 0.3 is 12.0 Å². The maximum atomic E-state index is 11.6. The number of carboxylic acid groups (broad SMARTS) is 1. The number of amides is 2. The quantitative estimate of drug-likeness (QED) is 0.775. The smallest absolute Gasteiger partial charge is 0.325 e. The van der Waals surface area contributed by atoms with Crippen LogP contribution in [0, 0.1) is 13.8 Å². The van der Waals surface area contributed by atoms with Gasteiger partial charge in [-0.3, -0.25) is 4.79 Å². The van der Waals surface area contributed by atoms with Crippen LogP contribution in [0.4, 0.5) is 4.79 Å². The first-order valence-corrected chi connectivity index (χ1v) is 6.36. The molecule has 0 aliphatic rings. The first-order valence-electron chi connectivity index (χ1n) is 5.55. The van der Waals surface area contributed by atoms with Gasteiger partial charge in [0.25, 0.3) is 0 Å². The molecule has 1 aromatic heterocycles. The van der Waals surface area contributed by atoms with Crippen molar-refractivity contribution in [3.05, 3.63) is 15.6 Å². The molecule has 100 valence electrons. The largest absolute Gasteiger partial charge is 0.480 e. The second-order valence-electron chi connectivity index (χ2n) is 4.08. The molecule has 1 aromatic rings. The van der Waals surface area contributed by atoms with Gasteiger partial charge in [-0.1, -0.05) is 0 Å². The second kappa shape index (κ2) is 5.81. The van der Waals surface area contributed by atoms with Gasteiger partial charge in [-0.2, -0.15) is 0 Å². The van der Waals surface area contributed by atoms with Gasteiger partial charge < -0.3 is 15.7 Å². The minimum Gasteiger partial charge on any atom is -0.480 e.